The Bertz CT molecular complexity index is 1770. The number of non-ortho nitro benzene ring substituents is 1. The van der Waals surface area contributed by atoms with Crippen molar-refractivity contribution in [3.05, 3.63) is 115 Å². The van der Waals surface area contributed by atoms with Gasteiger partial charge in [-0.3, -0.25) is 19.6 Å². The summed E-state index contributed by atoms with van der Waals surface area (Å²) in [4.78, 5) is 27.6. The number of benzene rings is 3. The second-order valence-corrected chi connectivity index (χ2v) is 17.6. The fraction of sp³-hybridized carbons (Fsp3) is 0.364. The summed E-state index contributed by atoms with van der Waals surface area (Å²) in [6.07, 6.45) is 1.48. The summed E-state index contributed by atoms with van der Waals surface area (Å²) in [5.41, 5.74) is 1.08. The van der Waals surface area contributed by atoms with Crippen molar-refractivity contribution in [3.8, 4) is 0 Å². The van der Waals surface area contributed by atoms with Gasteiger partial charge in [-0.25, -0.2) is 0 Å². The molecule has 0 bridgehead atoms. The molecule has 46 heavy (non-hydrogen) atoms. The van der Waals surface area contributed by atoms with Crippen LogP contribution in [0.5, 0.6) is 0 Å². The Morgan fingerprint density at radius 2 is 1.91 bits per heavy atom. The van der Waals surface area contributed by atoms with Crippen molar-refractivity contribution in [3.63, 3.8) is 0 Å². The van der Waals surface area contributed by atoms with Crippen LogP contribution in [-0.2, 0) is 28.2 Å². The van der Waals surface area contributed by atoms with Gasteiger partial charge in [0.1, 0.15) is 0 Å². The predicted molar refractivity (Wildman–Crippen MR) is 182 cm³/mol. The Morgan fingerprint density at radius 3 is 2.59 bits per heavy atom. The van der Waals surface area contributed by atoms with Crippen molar-refractivity contribution < 1.29 is 23.7 Å². The normalized spacial score (nSPS) is 23.2. The second-order valence-electron chi connectivity index (χ2n) is 12.6. The number of amides is 1. The van der Waals surface area contributed by atoms with Gasteiger partial charge < -0.3 is 18.9 Å². The molecule has 0 aliphatic carbocycles. The molecule has 10 nitrogen and oxygen atoms in total. The minimum atomic E-state index is -3.44. The molecule has 1 fully saturated rings. The number of halogens is 2. The molecular formula is C33H35FIN5O5Si. The Hall–Kier alpha value is -3.53. The summed E-state index contributed by atoms with van der Waals surface area (Å²) in [5.74, 6) is -1.26. The number of carbonyl (C=O) groups excluding carboxylic acids is 1. The molecule has 0 radical (unpaired) electrons. The van der Waals surface area contributed by atoms with Crippen molar-refractivity contribution in [1.82, 2.24) is 15.0 Å². The summed E-state index contributed by atoms with van der Waals surface area (Å²) in [5, 5.41) is 30.5. The quantitative estimate of drug-likeness (QED) is 0.0661. The van der Waals surface area contributed by atoms with Crippen molar-refractivity contribution in [2.24, 2.45) is 5.92 Å². The fourth-order valence-electron chi connectivity index (χ4n) is 7.29. The minimum absolute atomic E-state index is 0.134. The minimum Gasteiger partial charge on any atom is -0.395 e. The van der Waals surface area contributed by atoms with E-state index in [2.05, 4.69) is 32.9 Å². The molecule has 1 spiro atoms. The van der Waals surface area contributed by atoms with E-state index in [1.165, 1.54) is 12.1 Å². The van der Waals surface area contributed by atoms with Crippen LogP contribution in [0.2, 0.25) is 18.6 Å². The summed E-state index contributed by atoms with van der Waals surface area (Å²) >= 11 is 2.22. The second kappa shape index (κ2) is 12.6. The van der Waals surface area contributed by atoms with Gasteiger partial charge in [0.25, 0.3) is 11.6 Å². The number of nitrogens with zero attached hydrogens (tertiary/aromatic N) is 5. The van der Waals surface area contributed by atoms with Crippen LogP contribution in [0, 0.1) is 19.6 Å². The van der Waals surface area contributed by atoms with Gasteiger partial charge in [0.2, 0.25) is 8.41 Å². The maximum absolute atomic E-state index is 16.3. The number of hydrogen-bond donors (Lipinski definition) is 1. The number of hydrogen-bond acceptors (Lipinski definition) is 7. The number of aliphatic hydroxyl groups is 1. The van der Waals surface area contributed by atoms with Crippen molar-refractivity contribution in [2.45, 2.75) is 62.7 Å². The number of rotatable bonds is 10. The maximum Gasteiger partial charge on any atom is 0.269 e. The summed E-state index contributed by atoms with van der Waals surface area (Å²) < 4.78 is 25.7. The largest absolute Gasteiger partial charge is 0.395 e. The topological polar surface area (TPSA) is 124 Å². The van der Waals surface area contributed by atoms with Crippen LogP contribution >= 0.6 is 22.6 Å². The molecule has 13 heteroatoms. The van der Waals surface area contributed by atoms with E-state index in [-0.39, 0.29) is 30.7 Å². The summed E-state index contributed by atoms with van der Waals surface area (Å²) in [7, 11) is -3.44. The van der Waals surface area contributed by atoms with E-state index >= 15 is 4.11 Å². The van der Waals surface area contributed by atoms with E-state index in [0.29, 0.717) is 29.9 Å². The van der Waals surface area contributed by atoms with Gasteiger partial charge in [0.05, 0.1) is 41.5 Å². The van der Waals surface area contributed by atoms with Crippen LogP contribution in [0.4, 0.5) is 15.5 Å². The molecule has 1 unspecified atom stereocenters. The molecule has 4 aromatic rings. The first-order chi connectivity index (χ1) is 21.9. The van der Waals surface area contributed by atoms with Gasteiger partial charge in [-0.05, 0) is 71.4 Å². The van der Waals surface area contributed by atoms with Crippen LogP contribution in [-0.4, -0.2) is 52.0 Å². The van der Waals surface area contributed by atoms with Crippen LogP contribution in [0.3, 0.4) is 0 Å². The van der Waals surface area contributed by atoms with E-state index in [4.69, 9.17) is 4.74 Å². The Morgan fingerprint density at radius 1 is 1.15 bits per heavy atom. The Labute approximate surface area is 281 Å². The van der Waals surface area contributed by atoms with E-state index in [1.807, 2.05) is 61.5 Å². The summed E-state index contributed by atoms with van der Waals surface area (Å²) in [6.45, 7) is 5.55. The summed E-state index contributed by atoms with van der Waals surface area (Å²) in [6, 6.07) is 21.8. The number of aryl methyl sites for hydroxylation is 1. The number of ether oxygens (including phenoxy) is 1. The SMILES string of the molecule is C[C@H]1[C@H]([Si](C)(C)F)[C@@H](CCn2cc(C(CO)c3ccccc3)nn2)O[C@]12C(=O)N(Cc1cccc(I)c1)c1ccc([N+](=O)[O-])cc12. The van der Waals surface area contributed by atoms with Crippen LogP contribution < -0.4 is 4.90 Å². The number of carbonyl (C=O) groups is 1. The molecule has 240 valence electrons. The molecule has 2 aliphatic heterocycles. The third-order valence-corrected chi connectivity index (χ3v) is 12.5. The highest BCUT2D eigenvalue weighted by atomic mass is 127. The first kappa shape index (κ1) is 32.4. The van der Waals surface area contributed by atoms with Crippen LogP contribution in [0.1, 0.15) is 41.6 Å². The number of nitro benzene ring substituents is 1. The molecule has 5 atom stereocenters. The highest BCUT2D eigenvalue weighted by molar-refractivity contribution is 14.1. The lowest BCUT2D eigenvalue weighted by Gasteiger charge is -2.31. The predicted octanol–water partition coefficient (Wildman–Crippen LogP) is 6.33. The van der Waals surface area contributed by atoms with Gasteiger partial charge >= 0.3 is 0 Å². The van der Waals surface area contributed by atoms with Crippen molar-refractivity contribution >= 4 is 48.3 Å². The lowest BCUT2D eigenvalue weighted by molar-refractivity contribution is -0.385. The smallest absolute Gasteiger partial charge is 0.269 e. The number of aromatic nitrogens is 3. The molecular weight excluding hydrogens is 720 g/mol. The zero-order chi connectivity index (χ0) is 32.8. The first-order valence-corrected chi connectivity index (χ1v) is 19.2. The number of fused-ring (bicyclic) bond motifs is 2. The van der Waals surface area contributed by atoms with E-state index in [1.54, 1.807) is 34.9 Å². The molecule has 1 saturated heterocycles. The highest BCUT2D eigenvalue weighted by Crippen LogP contribution is 2.60. The van der Waals surface area contributed by atoms with E-state index < -0.39 is 36.5 Å². The molecule has 3 aromatic carbocycles. The molecule has 6 rings (SSSR count). The lowest BCUT2D eigenvalue weighted by atomic mass is 9.82. The third-order valence-electron chi connectivity index (χ3n) is 9.33. The first-order valence-electron chi connectivity index (χ1n) is 15.2. The van der Waals surface area contributed by atoms with Crippen molar-refractivity contribution in [1.29, 1.82) is 0 Å². The lowest BCUT2D eigenvalue weighted by Crippen LogP contribution is -2.45. The fourth-order valence-corrected chi connectivity index (χ4v) is 10.4. The zero-order valence-electron chi connectivity index (χ0n) is 25.7. The Kier molecular flexibility index (Phi) is 8.86. The molecule has 1 N–H and O–H groups in total. The van der Waals surface area contributed by atoms with Crippen molar-refractivity contribution in [2.75, 3.05) is 11.5 Å². The highest BCUT2D eigenvalue weighted by Gasteiger charge is 2.66. The van der Waals surface area contributed by atoms with Gasteiger partial charge in [-0.2, -0.15) is 0 Å². The van der Waals surface area contributed by atoms with Gasteiger partial charge in [0, 0.05) is 45.5 Å². The van der Waals surface area contributed by atoms with Gasteiger partial charge in [0.15, 0.2) is 5.60 Å². The van der Waals surface area contributed by atoms with Gasteiger partial charge in [-0.1, -0.05) is 54.6 Å². The Balaban J connectivity index is 1.33. The monoisotopic (exact) mass is 755 g/mol. The maximum atomic E-state index is 16.3. The molecule has 2 aliphatic rings. The average Bonchev–Trinajstić information content (AvgIpc) is 3.67. The van der Waals surface area contributed by atoms with Crippen LogP contribution in [0.25, 0.3) is 0 Å². The van der Waals surface area contributed by atoms with E-state index in [0.717, 1.165) is 14.7 Å². The molecule has 1 amide bonds. The molecule has 1 aromatic heterocycles. The van der Waals surface area contributed by atoms with Gasteiger partial charge in [-0.15, -0.1) is 5.10 Å². The third kappa shape index (κ3) is 5.78. The molecule has 0 saturated carbocycles. The number of anilines is 1. The number of nitro groups is 1. The standard InChI is InChI=1S/C33H35FIN5O5Si/c1-21-31(46(2,3)34)30(14-15-38-19-28(36-37-38)26(20-41)23-9-5-4-6-10-23)45-33(21)27-17-25(40(43)44)12-13-29(27)39(32(33)42)18-22-8-7-11-24(35)16-22/h4-13,16-17,19,21,26,30-31,41H,14-15,18,20H2,1-3H3/t21-,26?,30+,31-,33+/m0/s1. The average molecular weight is 756 g/mol. The number of aliphatic hydroxyl groups excluding tert-OH is 1. The van der Waals surface area contributed by atoms with Crippen LogP contribution in [0.15, 0.2) is 79.0 Å². The zero-order valence-corrected chi connectivity index (χ0v) is 28.9. The molecule has 3 heterocycles. The van der Waals surface area contributed by atoms with E-state index in [9.17, 15) is 20.0 Å².